The topological polar surface area (TPSA) is 69.6 Å². The predicted octanol–water partition coefficient (Wildman–Crippen LogP) is 3.22. The fourth-order valence-electron chi connectivity index (χ4n) is 2.26. The molecule has 0 fully saturated rings. The molecule has 1 aromatic rings. The maximum Gasteiger partial charge on any atom is 0.416 e. The number of aliphatic hydroxyl groups is 1. The molecule has 0 bridgehead atoms. The first-order valence-electron chi connectivity index (χ1n) is 6.57. The summed E-state index contributed by atoms with van der Waals surface area (Å²) >= 11 is 0. The maximum absolute atomic E-state index is 12.5. The fourth-order valence-corrected chi connectivity index (χ4v) is 2.26. The highest BCUT2D eigenvalue weighted by Crippen LogP contribution is 2.32. The van der Waals surface area contributed by atoms with Crippen LogP contribution in [0, 0.1) is 0 Å². The zero-order chi connectivity index (χ0) is 16.0. The molecule has 0 saturated heterocycles. The molecular weight excluding hydrogens is 287 g/mol. The normalized spacial score (nSPS) is 14.5. The van der Waals surface area contributed by atoms with E-state index in [1.54, 1.807) is 0 Å². The van der Waals surface area contributed by atoms with Crippen LogP contribution in [0.2, 0.25) is 0 Å². The highest BCUT2D eigenvalue weighted by molar-refractivity contribution is 5.65. The number of hydrogen-bond acceptors (Lipinski definition) is 2. The number of nitrogens with one attached hydrogen (secondary N) is 1. The van der Waals surface area contributed by atoms with Crippen LogP contribution in [0.15, 0.2) is 24.3 Å². The standard InChI is InChI=1S/C14H18F3NO3/c1-2-3-11(12(8-19)18-13(20)21)9-4-6-10(7-5-9)14(15,16)17/h4-7,11-12,18-19H,2-3,8H2,1H3,(H,20,21). The predicted molar refractivity (Wildman–Crippen MR) is 71.1 cm³/mol. The second-order valence-electron chi connectivity index (χ2n) is 4.75. The Morgan fingerprint density at radius 1 is 1.29 bits per heavy atom. The van der Waals surface area contributed by atoms with Crippen LogP contribution in [0.5, 0.6) is 0 Å². The Labute approximate surface area is 120 Å². The van der Waals surface area contributed by atoms with Crippen molar-refractivity contribution in [3.8, 4) is 0 Å². The third-order valence-electron chi connectivity index (χ3n) is 3.26. The molecule has 0 saturated carbocycles. The van der Waals surface area contributed by atoms with Crippen molar-refractivity contribution in [1.82, 2.24) is 5.32 Å². The minimum atomic E-state index is -4.41. The van der Waals surface area contributed by atoms with Crippen LogP contribution in [-0.2, 0) is 6.18 Å². The molecule has 2 atom stereocenters. The number of rotatable bonds is 6. The maximum atomic E-state index is 12.5. The lowest BCUT2D eigenvalue weighted by Gasteiger charge is -2.26. The van der Waals surface area contributed by atoms with Crippen LogP contribution in [-0.4, -0.2) is 29.0 Å². The van der Waals surface area contributed by atoms with E-state index >= 15 is 0 Å². The molecule has 1 aromatic carbocycles. The van der Waals surface area contributed by atoms with Gasteiger partial charge >= 0.3 is 12.3 Å². The Morgan fingerprint density at radius 2 is 1.86 bits per heavy atom. The minimum Gasteiger partial charge on any atom is -0.465 e. The summed E-state index contributed by atoms with van der Waals surface area (Å²) in [5.74, 6) is -0.376. The van der Waals surface area contributed by atoms with Gasteiger partial charge in [-0.1, -0.05) is 25.5 Å². The average Bonchev–Trinajstić information content (AvgIpc) is 2.41. The smallest absolute Gasteiger partial charge is 0.416 e. The highest BCUT2D eigenvalue weighted by Gasteiger charge is 2.31. The second-order valence-corrected chi connectivity index (χ2v) is 4.75. The zero-order valence-corrected chi connectivity index (χ0v) is 11.5. The molecule has 21 heavy (non-hydrogen) atoms. The second kappa shape index (κ2) is 7.31. The molecule has 0 spiro atoms. The lowest BCUT2D eigenvalue weighted by molar-refractivity contribution is -0.137. The van der Waals surface area contributed by atoms with E-state index in [2.05, 4.69) is 5.32 Å². The van der Waals surface area contributed by atoms with Gasteiger partial charge < -0.3 is 15.5 Å². The van der Waals surface area contributed by atoms with Crippen LogP contribution in [0.3, 0.4) is 0 Å². The third-order valence-corrected chi connectivity index (χ3v) is 3.26. The van der Waals surface area contributed by atoms with E-state index < -0.39 is 30.5 Å². The van der Waals surface area contributed by atoms with E-state index in [-0.39, 0.29) is 5.92 Å². The van der Waals surface area contributed by atoms with Crippen molar-refractivity contribution in [1.29, 1.82) is 0 Å². The largest absolute Gasteiger partial charge is 0.465 e. The van der Waals surface area contributed by atoms with Crippen molar-refractivity contribution < 1.29 is 28.2 Å². The van der Waals surface area contributed by atoms with Gasteiger partial charge in [-0.05, 0) is 24.1 Å². The van der Waals surface area contributed by atoms with Gasteiger partial charge in [0.15, 0.2) is 0 Å². The Balaban J connectivity index is 3.01. The van der Waals surface area contributed by atoms with Crippen LogP contribution in [0.25, 0.3) is 0 Å². The highest BCUT2D eigenvalue weighted by atomic mass is 19.4. The summed E-state index contributed by atoms with van der Waals surface area (Å²) in [6.45, 7) is 1.46. The van der Waals surface area contributed by atoms with Crippen molar-refractivity contribution in [3.63, 3.8) is 0 Å². The van der Waals surface area contributed by atoms with Gasteiger partial charge in [0.25, 0.3) is 0 Å². The summed E-state index contributed by atoms with van der Waals surface area (Å²) in [6.07, 6.45) is -4.42. The van der Waals surface area contributed by atoms with Gasteiger partial charge in [0.05, 0.1) is 18.2 Å². The molecule has 1 rings (SSSR count). The average molecular weight is 305 g/mol. The van der Waals surface area contributed by atoms with Gasteiger partial charge in [-0.15, -0.1) is 0 Å². The first kappa shape index (κ1) is 17.3. The van der Waals surface area contributed by atoms with Gasteiger partial charge in [-0.25, -0.2) is 4.79 Å². The van der Waals surface area contributed by atoms with Crippen molar-refractivity contribution in [2.75, 3.05) is 6.61 Å². The Morgan fingerprint density at radius 3 is 2.24 bits per heavy atom. The number of alkyl halides is 3. The number of hydrogen-bond donors (Lipinski definition) is 3. The molecule has 4 nitrogen and oxygen atoms in total. The van der Waals surface area contributed by atoms with E-state index in [0.29, 0.717) is 18.4 Å². The summed E-state index contributed by atoms with van der Waals surface area (Å²) in [6, 6.07) is 3.84. The first-order chi connectivity index (χ1) is 9.79. The molecule has 7 heteroatoms. The van der Waals surface area contributed by atoms with Gasteiger partial charge in [-0.3, -0.25) is 0 Å². The number of halogens is 3. The number of aliphatic hydroxyl groups excluding tert-OH is 1. The third kappa shape index (κ3) is 4.93. The summed E-state index contributed by atoms with van der Waals surface area (Å²) in [7, 11) is 0. The van der Waals surface area contributed by atoms with Crippen molar-refractivity contribution in [2.45, 2.75) is 37.9 Å². The molecule has 0 aromatic heterocycles. The van der Waals surface area contributed by atoms with Crippen LogP contribution >= 0.6 is 0 Å². The quantitative estimate of drug-likeness (QED) is 0.756. The van der Waals surface area contributed by atoms with Crippen molar-refractivity contribution in [3.05, 3.63) is 35.4 Å². The first-order valence-corrected chi connectivity index (χ1v) is 6.57. The minimum absolute atomic E-state index is 0.376. The van der Waals surface area contributed by atoms with Crippen molar-refractivity contribution >= 4 is 6.09 Å². The molecule has 3 N–H and O–H groups in total. The number of carbonyl (C=O) groups is 1. The van der Waals surface area contributed by atoms with E-state index in [0.717, 1.165) is 12.1 Å². The monoisotopic (exact) mass is 305 g/mol. The van der Waals surface area contributed by atoms with E-state index in [4.69, 9.17) is 5.11 Å². The van der Waals surface area contributed by atoms with Crippen molar-refractivity contribution in [2.24, 2.45) is 0 Å². The molecule has 0 aliphatic carbocycles. The van der Waals surface area contributed by atoms with Gasteiger partial charge in [-0.2, -0.15) is 13.2 Å². The lowest BCUT2D eigenvalue weighted by atomic mass is 9.87. The summed E-state index contributed by atoms with van der Waals surface area (Å²) in [5.41, 5.74) is -0.189. The molecule has 0 radical (unpaired) electrons. The molecule has 2 unspecified atom stereocenters. The summed E-state index contributed by atoms with van der Waals surface area (Å²) in [4.78, 5) is 10.7. The SMILES string of the molecule is CCCC(c1ccc(C(F)(F)F)cc1)C(CO)NC(=O)O. The van der Waals surface area contributed by atoms with Crippen LogP contribution < -0.4 is 5.32 Å². The van der Waals surface area contributed by atoms with Gasteiger partial charge in [0.2, 0.25) is 0 Å². The molecule has 118 valence electrons. The summed E-state index contributed by atoms with van der Waals surface area (Å²) < 4.78 is 37.6. The molecule has 0 heterocycles. The van der Waals surface area contributed by atoms with E-state index in [9.17, 15) is 23.1 Å². The fraction of sp³-hybridized carbons (Fsp3) is 0.500. The Hall–Kier alpha value is -1.76. The number of amides is 1. The summed E-state index contributed by atoms with van der Waals surface area (Å²) in [5, 5.41) is 20.3. The van der Waals surface area contributed by atoms with Gasteiger partial charge in [0.1, 0.15) is 0 Å². The molecule has 0 aliphatic heterocycles. The van der Waals surface area contributed by atoms with E-state index in [1.807, 2.05) is 6.92 Å². The Kier molecular flexibility index (Phi) is 6.02. The molecule has 1 amide bonds. The number of benzene rings is 1. The van der Waals surface area contributed by atoms with Crippen LogP contribution in [0.1, 0.15) is 36.8 Å². The van der Waals surface area contributed by atoms with Crippen LogP contribution in [0.4, 0.5) is 18.0 Å². The zero-order valence-electron chi connectivity index (χ0n) is 11.5. The molecular formula is C14H18F3NO3. The lowest BCUT2D eigenvalue weighted by Crippen LogP contribution is -2.41. The van der Waals surface area contributed by atoms with Gasteiger partial charge in [0, 0.05) is 5.92 Å². The number of carboxylic acid groups (broad SMARTS) is 1. The Bertz CT molecular complexity index is 460. The molecule has 0 aliphatic rings. The van der Waals surface area contributed by atoms with E-state index in [1.165, 1.54) is 12.1 Å².